The number of carboxylic acids is 1. The van der Waals surface area contributed by atoms with Gasteiger partial charge in [0.2, 0.25) is 0 Å². The van der Waals surface area contributed by atoms with E-state index in [-0.39, 0.29) is 4.21 Å². The van der Waals surface area contributed by atoms with Gasteiger partial charge >= 0.3 is 5.97 Å². The molecule has 0 aromatic carbocycles. The van der Waals surface area contributed by atoms with E-state index in [4.69, 9.17) is 5.11 Å². The fourth-order valence-electron chi connectivity index (χ4n) is 1.12. The summed E-state index contributed by atoms with van der Waals surface area (Å²) < 4.78 is 25.1. The number of aliphatic carboxylic acids is 1. The highest BCUT2D eigenvalue weighted by molar-refractivity contribution is 7.91. The molecule has 0 aliphatic heterocycles. The van der Waals surface area contributed by atoms with E-state index in [1.165, 1.54) is 14.0 Å². The van der Waals surface area contributed by atoms with Crippen LogP contribution in [0.1, 0.15) is 12.5 Å². The second kappa shape index (κ2) is 4.52. The molecule has 0 saturated heterocycles. The van der Waals surface area contributed by atoms with Crippen LogP contribution in [0.2, 0.25) is 0 Å². The first-order chi connectivity index (χ1) is 7.28. The van der Waals surface area contributed by atoms with Crippen molar-refractivity contribution in [2.45, 2.75) is 24.1 Å². The number of sulfonamides is 1. The van der Waals surface area contributed by atoms with E-state index in [0.29, 0.717) is 5.56 Å². The molecule has 0 radical (unpaired) electrons. The predicted molar refractivity (Wildman–Crippen MR) is 61.1 cm³/mol. The van der Waals surface area contributed by atoms with Gasteiger partial charge in [-0.2, -0.15) is 4.31 Å². The summed E-state index contributed by atoms with van der Waals surface area (Å²) in [5.41, 5.74) is 0.634. The topological polar surface area (TPSA) is 74.7 Å². The first-order valence-electron chi connectivity index (χ1n) is 4.53. The summed E-state index contributed by atoms with van der Waals surface area (Å²) in [4.78, 5) is 10.7. The third kappa shape index (κ3) is 2.26. The highest BCUT2D eigenvalue weighted by Crippen LogP contribution is 2.25. The van der Waals surface area contributed by atoms with E-state index in [1.807, 2.05) is 0 Å². The quantitative estimate of drug-likeness (QED) is 0.884. The maximum atomic E-state index is 12.0. The molecule has 0 bridgehead atoms. The summed E-state index contributed by atoms with van der Waals surface area (Å²) in [5, 5.41) is 10.4. The number of aryl methyl sites for hydroxylation is 1. The molecule has 0 aliphatic carbocycles. The molecule has 7 heteroatoms. The average Bonchev–Trinajstić information content (AvgIpc) is 2.62. The Bertz CT molecular complexity index is 491. The number of nitrogens with zero attached hydrogens (tertiary/aromatic N) is 1. The number of hydrogen-bond acceptors (Lipinski definition) is 4. The van der Waals surface area contributed by atoms with Crippen molar-refractivity contribution < 1.29 is 18.3 Å². The molecule has 90 valence electrons. The van der Waals surface area contributed by atoms with Gasteiger partial charge in [-0.1, -0.05) is 0 Å². The lowest BCUT2D eigenvalue weighted by Crippen LogP contribution is -2.40. The van der Waals surface area contributed by atoms with Crippen molar-refractivity contribution in [3.63, 3.8) is 0 Å². The van der Waals surface area contributed by atoms with Crippen molar-refractivity contribution in [3.8, 4) is 0 Å². The monoisotopic (exact) mass is 263 g/mol. The van der Waals surface area contributed by atoms with Crippen molar-refractivity contribution >= 4 is 27.3 Å². The first kappa shape index (κ1) is 13.1. The molecule has 5 nitrogen and oxygen atoms in total. The van der Waals surface area contributed by atoms with Crippen LogP contribution in [0.5, 0.6) is 0 Å². The summed E-state index contributed by atoms with van der Waals surface area (Å²) in [7, 11) is -2.43. The van der Waals surface area contributed by atoms with Crippen LogP contribution in [-0.4, -0.2) is 36.9 Å². The summed E-state index contributed by atoms with van der Waals surface area (Å²) in [6.07, 6.45) is 0. The zero-order chi connectivity index (χ0) is 12.5. The van der Waals surface area contributed by atoms with Crippen LogP contribution in [0.4, 0.5) is 0 Å². The first-order valence-corrected chi connectivity index (χ1v) is 6.85. The van der Waals surface area contributed by atoms with Crippen molar-refractivity contribution in [2.75, 3.05) is 7.05 Å². The smallest absolute Gasteiger partial charge is 0.321 e. The van der Waals surface area contributed by atoms with Crippen LogP contribution < -0.4 is 0 Å². The van der Waals surface area contributed by atoms with Crippen LogP contribution in [-0.2, 0) is 14.8 Å². The van der Waals surface area contributed by atoms with E-state index < -0.39 is 22.0 Å². The van der Waals surface area contributed by atoms with Gasteiger partial charge < -0.3 is 5.11 Å². The Hall–Kier alpha value is -0.920. The number of rotatable bonds is 4. The fourth-order valence-corrected chi connectivity index (χ4v) is 4.02. The minimum atomic E-state index is -3.70. The third-order valence-corrected chi connectivity index (χ3v) is 5.93. The summed E-state index contributed by atoms with van der Waals surface area (Å²) >= 11 is 1.09. The highest BCUT2D eigenvalue weighted by atomic mass is 32.2. The van der Waals surface area contributed by atoms with E-state index in [2.05, 4.69) is 0 Å². The molecule has 1 N–H and O–H groups in total. The van der Waals surface area contributed by atoms with Gasteiger partial charge in [-0.25, -0.2) is 8.42 Å². The molecule has 16 heavy (non-hydrogen) atoms. The van der Waals surface area contributed by atoms with E-state index >= 15 is 0 Å². The molecule has 1 heterocycles. The molecule has 0 spiro atoms. The molecule has 0 aliphatic rings. The summed E-state index contributed by atoms with van der Waals surface area (Å²) in [5.74, 6) is -1.17. The van der Waals surface area contributed by atoms with Gasteiger partial charge in [0.15, 0.2) is 0 Å². The van der Waals surface area contributed by atoms with E-state index in [9.17, 15) is 13.2 Å². The standard InChI is InChI=1S/C9H13NO4S2/c1-6-4-5-15-9(6)16(13,14)10(3)7(2)8(11)12/h4-5,7H,1-3H3,(H,11,12). The van der Waals surface area contributed by atoms with Gasteiger partial charge in [0.1, 0.15) is 10.3 Å². The minimum Gasteiger partial charge on any atom is -0.480 e. The average molecular weight is 263 g/mol. The zero-order valence-electron chi connectivity index (χ0n) is 9.17. The van der Waals surface area contributed by atoms with Crippen molar-refractivity contribution in [2.24, 2.45) is 0 Å². The SMILES string of the molecule is Cc1ccsc1S(=O)(=O)N(C)C(C)C(=O)O. The largest absolute Gasteiger partial charge is 0.480 e. The maximum Gasteiger partial charge on any atom is 0.321 e. The maximum absolute atomic E-state index is 12.0. The Morgan fingerprint density at radius 3 is 2.50 bits per heavy atom. The van der Waals surface area contributed by atoms with Crippen molar-refractivity contribution in [1.29, 1.82) is 0 Å². The third-order valence-electron chi connectivity index (χ3n) is 2.33. The van der Waals surface area contributed by atoms with Crippen LogP contribution in [0.15, 0.2) is 15.7 Å². The summed E-state index contributed by atoms with van der Waals surface area (Å²) in [6.45, 7) is 3.02. The highest BCUT2D eigenvalue weighted by Gasteiger charge is 2.31. The summed E-state index contributed by atoms with van der Waals surface area (Å²) in [6, 6.07) is 0.614. The fraction of sp³-hybridized carbons (Fsp3) is 0.444. The van der Waals surface area contributed by atoms with Crippen molar-refractivity contribution in [3.05, 3.63) is 17.0 Å². The van der Waals surface area contributed by atoms with Crippen LogP contribution in [0.3, 0.4) is 0 Å². The lowest BCUT2D eigenvalue weighted by Gasteiger charge is -2.20. The van der Waals surface area contributed by atoms with E-state index in [0.717, 1.165) is 15.6 Å². The molecule has 1 rings (SSSR count). The predicted octanol–water partition coefficient (Wildman–Crippen LogP) is 1.15. The number of hydrogen-bond donors (Lipinski definition) is 1. The molecular weight excluding hydrogens is 250 g/mol. The lowest BCUT2D eigenvalue weighted by atomic mass is 10.4. The van der Waals surface area contributed by atoms with Gasteiger partial charge in [-0.05, 0) is 30.9 Å². The van der Waals surface area contributed by atoms with Gasteiger partial charge in [0.25, 0.3) is 10.0 Å². The van der Waals surface area contributed by atoms with Crippen LogP contribution in [0, 0.1) is 6.92 Å². The number of likely N-dealkylation sites (N-methyl/N-ethyl adjacent to an activating group) is 1. The second-order valence-corrected chi connectivity index (χ2v) is 6.54. The minimum absolute atomic E-state index is 0.197. The zero-order valence-corrected chi connectivity index (χ0v) is 10.8. The Balaban J connectivity index is 3.13. The molecule has 1 aromatic heterocycles. The molecular formula is C9H13NO4S2. The molecule has 1 unspecified atom stereocenters. The molecule has 1 aromatic rings. The van der Waals surface area contributed by atoms with Gasteiger partial charge in [-0.15, -0.1) is 11.3 Å². The van der Waals surface area contributed by atoms with Crippen molar-refractivity contribution in [1.82, 2.24) is 4.31 Å². The normalized spacial score (nSPS) is 14.0. The number of carboxylic acid groups (broad SMARTS) is 1. The van der Waals surface area contributed by atoms with Crippen LogP contribution in [0.25, 0.3) is 0 Å². The van der Waals surface area contributed by atoms with Gasteiger partial charge in [0.05, 0.1) is 0 Å². The molecule has 1 atom stereocenters. The Kier molecular flexibility index (Phi) is 3.72. The number of carbonyl (C=O) groups is 1. The Morgan fingerprint density at radius 2 is 2.12 bits per heavy atom. The molecule has 0 fully saturated rings. The molecule has 0 amide bonds. The number of thiophene rings is 1. The van der Waals surface area contributed by atoms with E-state index in [1.54, 1.807) is 18.4 Å². The van der Waals surface area contributed by atoms with Crippen LogP contribution >= 0.6 is 11.3 Å². The van der Waals surface area contributed by atoms with Gasteiger partial charge in [0, 0.05) is 7.05 Å². The Morgan fingerprint density at radius 1 is 1.56 bits per heavy atom. The van der Waals surface area contributed by atoms with Gasteiger partial charge in [-0.3, -0.25) is 4.79 Å². The second-order valence-electron chi connectivity index (χ2n) is 3.43. The lowest BCUT2D eigenvalue weighted by molar-refractivity contribution is -0.140. The Labute approximate surface area is 98.4 Å². The molecule has 0 saturated carbocycles.